The summed E-state index contributed by atoms with van der Waals surface area (Å²) in [5.74, 6) is 0.856. The van der Waals surface area contributed by atoms with Gasteiger partial charge in [-0.3, -0.25) is 4.68 Å². The highest BCUT2D eigenvalue weighted by molar-refractivity contribution is 5.94. The van der Waals surface area contributed by atoms with Crippen LogP contribution in [-0.2, 0) is 6.54 Å². The Bertz CT molecular complexity index is 879. The van der Waals surface area contributed by atoms with E-state index in [1.165, 1.54) is 25.9 Å². The second-order valence-electron chi connectivity index (χ2n) is 7.00. The highest BCUT2D eigenvalue weighted by atomic mass is 16.5. The number of methoxy groups -OCH3 is 1. The Hall–Kier alpha value is -2.53. The fourth-order valence-corrected chi connectivity index (χ4v) is 3.78. The molecule has 0 unspecified atom stereocenters. The molecule has 0 aliphatic carbocycles. The minimum Gasteiger partial charge on any atom is -0.497 e. The molecule has 2 heterocycles. The van der Waals surface area contributed by atoms with E-state index in [9.17, 15) is 0 Å². The van der Waals surface area contributed by atoms with Gasteiger partial charge in [0.15, 0.2) is 0 Å². The van der Waals surface area contributed by atoms with Crippen LogP contribution >= 0.6 is 0 Å². The molecule has 1 fully saturated rings. The van der Waals surface area contributed by atoms with Crippen molar-refractivity contribution >= 4 is 16.6 Å². The molecule has 1 aliphatic heterocycles. The first-order chi connectivity index (χ1) is 12.7. The summed E-state index contributed by atoms with van der Waals surface area (Å²) in [4.78, 5) is 2.54. The molecule has 0 saturated carbocycles. The van der Waals surface area contributed by atoms with Crippen LogP contribution in [0.4, 0.5) is 5.69 Å². The molecule has 5 heteroatoms. The molecule has 3 aromatic rings. The monoisotopic (exact) mass is 350 g/mol. The third-order valence-corrected chi connectivity index (χ3v) is 5.26. The number of fused-ring (bicyclic) bond motifs is 1. The minimum absolute atomic E-state index is 0.777. The number of ether oxygens (including phenoxy) is 1. The van der Waals surface area contributed by atoms with Gasteiger partial charge in [0.25, 0.3) is 0 Å². The van der Waals surface area contributed by atoms with E-state index in [4.69, 9.17) is 10.5 Å². The molecular weight excluding hydrogens is 324 g/mol. The number of hydrogen-bond acceptors (Lipinski definition) is 4. The van der Waals surface area contributed by atoms with Crippen LogP contribution in [0.5, 0.6) is 5.75 Å². The second kappa shape index (κ2) is 7.38. The zero-order valence-electron chi connectivity index (χ0n) is 15.3. The number of benzene rings is 2. The third kappa shape index (κ3) is 3.40. The van der Waals surface area contributed by atoms with Crippen LogP contribution in [0, 0.1) is 0 Å². The molecule has 0 amide bonds. The van der Waals surface area contributed by atoms with Gasteiger partial charge in [0.05, 0.1) is 18.8 Å². The maximum absolute atomic E-state index is 6.31. The van der Waals surface area contributed by atoms with Crippen LogP contribution in [0.2, 0.25) is 0 Å². The molecule has 1 saturated heterocycles. The van der Waals surface area contributed by atoms with Crippen LogP contribution < -0.4 is 10.5 Å². The smallest absolute Gasteiger partial charge is 0.118 e. The SMILES string of the molecule is COc1ccc(-c2cc(N)c3cnn(CCCN4CCCC4)c3c2)cc1. The Labute approximate surface area is 154 Å². The van der Waals surface area contributed by atoms with E-state index in [0.717, 1.165) is 53.0 Å². The van der Waals surface area contributed by atoms with E-state index >= 15 is 0 Å². The van der Waals surface area contributed by atoms with Gasteiger partial charge < -0.3 is 15.4 Å². The summed E-state index contributed by atoms with van der Waals surface area (Å²) in [5, 5.41) is 5.61. The van der Waals surface area contributed by atoms with Crippen molar-refractivity contribution in [3.63, 3.8) is 0 Å². The number of nitrogens with two attached hydrogens (primary N) is 1. The molecule has 2 N–H and O–H groups in total. The van der Waals surface area contributed by atoms with Gasteiger partial charge in [0.2, 0.25) is 0 Å². The van der Waals surface area contributed by atoms with Gasteiger partial charge in [-0.25, -0.2) is 0 Å². The summed E-state index contributed by atoms with van der Waals surface area (Å²) in [5.41, 5.74) is 10.4. The standard InChI is InChI=1S/C21H26N4O/c1-26-18-7-5-16(6-8-18)17-13-20(22)19-15-23-25(21(19)14-17)12-4-11-24-9-2-3-10-24/h5-8,13-15H,2-4,9-12,22H2,1H3. The van der Waals surface area contributed by atoms with E-state index in [0.29, 0.717) is 0 Å². The molecule has 1 aromatic heterocycles. The number of aryl methyl sites for hydroxylation is 1. The number of likely N-dealkylation sites (tertiary alicyclic amines) is 1. The molecule has 0 atom stereocenters. The quantitative estimate of drug-likeness (QED) is 0.688. The van der Waals surface area contributed by atoms with Crippen LogP contribution in [0.1, 0.15) is 19.3 Å². The van der Waals surface area contributed by atoms with Gasteiger partial charge in [0, 0.05) is 17.6 Å². The van der Waals surface area contributed by atoms with Crippen LogP contribution in [0.3, 0.4) is 0 Å². The summed E-state index contributed by atoms with van der Waals surface area (Å²) in [6.07, 6.45) is 5.68. The Morgan fingerprint density at radius 1 is 1.04 bits per heavy atom. The third-order valence-electron chi connectivity index (χ3n) is 5.26. The average molecular weight is 350 g/mol. The normalized spacial score (nSPS) is 15.0. The topological polar surface area (TPSA) is 56.3 Å². The Kier molecular flexibility index (Phi) is 4.80. The summed E-state index contributed by atoms with van der Waals surface area (Å²) >= 11 is 0. The van der Waals surface area contributed by atoms with Gasteiger partial charge in [-0.2, -0.15) is 5.10 Å². The van der Waals surface area contributed by atoms with E-state index in [1.54, 1.807) is 7.11 Å². The lowest BCUT2D eigenvalue weighted by molar-refractivity contribution is 0.323. The summed E-state index contributed by atoms with van der Waals surface area (Å²) in [6.45, 7) is 4.56. The first kappa shape index (κ1) is 16.9. The highest BCUT2D eigenvalue weighted by Crippen LogP contribution is 2.30. The highest BCUT2D eigenvalue weighted by Gasteiger charge is 2.12. The predicted octanol–water partition coefficient (Wildman–Crippen LogP) is 3.78. The molecule has 4 rings (SSSR count). The molecule has 2 aromatic carbocycles. The van der Waals surface area contributed by atoms with E-state index in [2.05, 4.69) is 32.9 Å². The maximum atomic E-state index is 6.31. The van der Waals surface area contributed by atoms with Crippen molar-refractivity contribution in [1.29, 1.82) is 0 Å². The fourth-order valence-electron chi connectivity index (χ4n) is 3.78. The lowest BCUT2D eigenvalue weighted by Crippen LogP contribution is -2.21. The van der Waals surface area contributed by atoms with Crippen molar-refractivity contribution in [3.8, 4) is 16.9 Å². The summed E-state index contributed by atoms with van der Waals surface area (Å²) in [7, 11) is 1.68. The molecule has 5 nitrogen and oxygen atoms in total. The van der Waals surface area contributed by atoms with Crippen molar-refractivity contribution in [1.82, 2.24) is 14.7 Å². The van der Waals surface area contributed by atoms with Crippen molar-refractivity contribution < 1.29 is 4.74 Å². The van der Waals surface area contributed by atoms with Gasteiger partial charge in [-0.1, -0.05) is 12.1 Å². The van der Waals surface area contributed by atoms with Gasteiger partial charge >= 0.3 is 0 Å². The number of nitrogen functional groups attached to an aromatic ring is 1. The van der Waals surface area contributed by atoms with Gasteiger partial charge in [0.1, 0.15) is 5.75 Å². The average Bonchev–Trinajstić information content (AvgIpc) is 3.32. The van der Waals surface area contributed by atoms with Crippen LogP contribution in [0.15, 0.2) is 42.6 Å². The van der Waals surface area contributed by atoms with E-state index in [1.807, 2.05) is 24.4 Å². The number of rotatable bonds is 6. The molecule has 1 aliphatic rings. The predicted molar refractivity (Wildman–Crippen MR) is 106 cm³/mol. The number of aromatic nitrogens is 2. The Morgan fingerprint density at radius 3 is 2.54 bits per heavy atom. The Morgan fingerprint density at radius 2 is 1.81 bits per heavy atom. The summed E-state index contributed by atoms with van der Waals surface area (Å²) < 4.78 is 7.34. The fraction of sp³-hybridized carbons (Fsp3) is 0.381. The first-order valence-electron chi connectivity index (χ1n) is 9.36. The Balaban J connectivity index is 1.57. The zero-order chi connectivity index (χ0) is 17.9. The summed E-state index contributed by atoms with van der Waals surface area (Å²) in [6, 6.07) is 12.3. The lowest BCUT2D eigenvalue weighted by Gasteiger charge is -2.14. The number of anilines is 1. The van der Waals surface area contributed by atoms with Crippen molar-refractivity contribution in [2.45, 2.75) is 25.8 Å². The van der Waals surface area contributed by atoms with Crippen molar-refractivity contribution in [3.05, 3.63) is 42.6 Å². The van der Waals surface area contributed by atoms with E-state index < -0.39 is 0 Å². The second-order valence-corrected chi connectivity index (χ2v) is 7.00. The largest absolute Gasteiger partial charge is 0.497 e. The number of nitrogens with zero attached hydrogens (tertiary/aromatic N) is 3. The molecule has 26 heavy (non-hydrogen) atoms. The van der Waals surface area contributed by atoms with Crippen molar-refractivity contribution in [2.24, 2.45) is 0 Å². The molecule has 0 radical (unpaired) electrons. The van der Waals surface area contributed by atoms with Crippen LogP contribution in [0.25, 0.3) is 22.0 Å². The molecule has 0 spiro atoms. The van der Waals surface area contributed by atoms with E-state index in [-0.39, 0.29) is 0 Å². The molecule has 136 valence electrons. The van der Waals surface area contributed by atoms with Gasteiger partial charge in [-0.15, -0.1) is 0 Å². The maximum Gasteiger partial charge on any atom is 0.118 e. The van der Waals surface area contributed by atoms with Crippen molar-refractivity contribution in [2.75, 3.05) is 32.5 Å². The lowest BCUT2D eigenvalue weighted by atomic mass is 10.0. The minimum atomic E-state index is 0.777. The molecule has 0 bridgehead atoms. The van der Waals surface area contributed by atoms with Crippen LogP contribution in [-0.4, -0.2) is 41.4 Å². The molecular formula is C21H26N4O. The van der Waals surface area contributed by atoms with Gasteiger partial charge in [-0.05, 0) is 74.3 Å². The number of hydrogen-bond donors (Lipinski definition) is 1. The first-order valence-corrected chi connectivity index (χ1v) is 9.36. The zero-order valence-corrected chi connectivity index (χ0v) is 15.3.